The molecule has 0 aliphatic carbocycles. The molecule has 8 nitrogen and oxygen atoms in total. The first kappa shape index (κ1) is 18.5. The molecule has 0 amide bonds. The highest BCUT2D eigenvalue weighted by atomic mass is 32.2. The average molecular weight is 395 g/mol. The lowest BCUT2D eigenvalue weighted by Gasteiger charge is -2.26. The van der Waals surface area contributed by atoms with Crippen LogP contribution in [0.2, 0.25) is 0 Å². The third kappa shape index (κ3) is 3.60. The van der Waals surface area contributed by atoms with E-state index in [1.165, 1.54) is 11.8 Å². The minimum Gasteiger partial charge on any atom is -0.484 e. The Hall–Kier alpha value is -2.85. The van der Waals surface area contributed by atoms with E-state index in [-0.39, 0.29) is 17.5 Å². The van der Waals surface area contributed by atoms with Crippen molar-refractivity contribution in [2.75, 3.05) is 37.9 Å². The summed E-state index contributed by atoms with van der Waals surface area (Å²) in [6.07, 6.45) is 1.61. The number of nitrogens with two attached hydrogens (primary N) is 1. The van der Waals surface area contributed by atoms with E-state index in [0.29, 0.717) is 59.9 Å². The van der Waals surface area contributed by atoms with Crippen LogP contribution in [0.1, 0.15) is 11.1 Å². The van der Waals surface area contributed by atoms with Crippen molar-refractivity contribution in [1.82, 2.24) is 9.97 Å². The number of nitrogen functional groups attached to an aromatic ring is 1. The van der Waals surface area contributed by atoms with Gasteiger partial charge in [-0.1, -0.05) is 0 Å². The second-order valence-electron chi connectivity index (χ2n) is 6.52. The van der Waals surface area contributed by atoms with E-state index in [9.17, 15) is 10.5 Å². The molecule has 28 heavy (non-hydrogen) atoms. The van der Waals surface area contributed by atoms with Gasteiger partial charge in [0.1, 0.15) is 40.4 Å². The highest BCUT2D eigenvalue weighted by Crippen LogP contribution is 2.36. The molecule has 0 unspecified atom stereocenters. The van der Waals surface area contributed by atoms with Crippen LogP contribution in [0.4, 0.5) is 5.82 Å². The predicted octanol–water partition coefficient (Wildman–Crippen LogP) is 1.99. The van der Waals surface area contributed by atoms with Crippen LogP contribution in [-0.2, 0) is 9.47 Å². The molecule has 2 aromatic heterocycles. The summed E-state index contributed by atoms with van der Waals surface area (Å²) in [5.74, 6) is 1.91. The van der Waals surface area contributed by atoms with Crippen LogP contribution >= 0.6 is 11.8 Å². The van der Waals surface area contributed by atoms with Crippen LogP contribution < -0.4 is 10.5 Å². The molecule has 0 spiro atoms. The number of nitriles is 2. The van der Waals surface area contributed by atoms with Gasteiger partial charge in [0, 0.05) is 17.2 Å². The first-order chi connectivity index (χ1) is 13.7. The van der Waals surface area contributed by atoms with Crippen molar-refractivity contribution < 1.29 is 14.2 Å². The molecule has 0 aromatic carbocycles. The van der Waals surface area contributed by atoms with Gasteiger partial charge < -0.3 is 19.9 Å². The average Bonchev–Trinajstić information content (AvgIpc) is 2.63. The summed E-state index contributed by atoms with van der Waals surface area (Å²) < 4.78 is 16.0. The smallest absolute Gasteiger partial charge is 0.145 e. The van der Waals surface area contributed by atoms with Crippen LogP contribution in [0.5, 0.6) is 5.75 Å². The Morgan fingerprint density at radius 2 is 1.89 bits per heavy atom. The Kier molecular flexibility index (Phi) is 5.31. The van der Waals surface area contributed by atoms with Crippen LogP contribution in [0.25, 0.3) is 11.3 Å². The van der Waals surface area contributed by atoms with Crippen LogP contribution in [0.15, 0.2) is 23.4 Å². The van der Waals surface area contributed by atoms with E-state index in [0.717, 1.165) is 5.75 Å². The molecule has 2 N–H and O–H groups in total. The maximum atomic E-state index is 9.78. The Balaban J connectivity index is 1.68. The number of ether oxygens (including phenoxy) is 3. The molecule has 142 valence electrons. The third-order valence-corrected chi connectivity index (χ3v) is 5.69. The molecule has 2 aliphatic rings. The standard InChI is InChI=1S/C19H17N5O3S/c20-3-14-17(16-2-1-12(5-23-16)27-13-8-26-9-13)15(4-21)19(24-18(14)22)28-10-11-6-25-7-11/h1-2,5,11,13H,6-10H2,(H2,22,24). The predicted molar refractivity (Wildman–Crippen MR) is 102 cm³/mol. The molecule has 4 heterocycles. The molecule has 0 radical (unpaired) electrons. The fourth-order valence-electron chi connectivity index (χ4n) is 2.81. The molecule has 4 rings (SSSR count). The normalized spacial score (nSPS) is 16.5. The van der Waals surface area contributed by atoms with Gasteiger partial charge in [-0.15, -0.1) is 11.8 Å². The fourth-order valence-corrected chi connectivity index (χ4v) is 3.85. The molecule has 0 atom stereocenters. The highest BCUT2D eigenvalue weighted by Gasteiger charge is 2.25. The SMILES string of the molecule is N#Cc1c(N)nc(SCC2COC2)c(C#N)c1-c1ccc(OC2COC2)cn1. The summed E-state index contributed by atoms with van der Waals surface area (Å²) in [4.78, 5) is 8.70. The lowest BCUT2D eigenvalue weighted by Crippen LogP contribution is -2.38. The lowest BCUT2D eigenvalue weighted by molar-refractivity contribution is -0.0797. The summed E-state index contributed by atoms with van der Waals surface area (Å²) in [5, 5.41) is 19.9. The molecule has 0 saturated carbocycles. The number of hydrogen-bond donors (Lipinski definition) is 1. The van der Waals surface area contributed by atoms with Crippen molar-refractivity contribution in [2.24, 2.45) is 5.92 Å². The molecule has 9 heteroatoms. The van der Waals surface area contributed by atoms with Crippen molar-refractivity contribution in [3.63, 3.8) is 0 Å². The van der Waals surface area contributed by atoms with Crippen molar-refractivity contribution in [3.8, 4) is 29.1 Å². The Morgan fingerprint density at radius 1 is 1.14 bits per heavy atom. The number of rotatable bonds is 6. The van der Waals surface area contributed by atoms with Gasteiger partial charge in [-0.3, -0.25) is 4.98 Å². The summed E-state index contributed by atoms with van der Waals surface area (Å²) >= 11 is 1.45. The van der Waals surface area contributed by atoms with E-state index in [4.69, 9.17) is 19.9 Å². The zero-order valence-electron chi connectivity index (χ0n) is 14.9. The largest absolute Gasteiger partial charge is 0.484 e. The van der Waals surface area contributed by atoms with E-state index in [1.54, 1.807) is 18.3 Å². The fraction of sp³-hybridized carbons (Fsp3) is 0.368. The second-order valence-corrected chi connectivity index (χ2v) is 7.53. The molecule has 2 aromatic rings. The van der Waals surface area contributed by atoms with Crippen molar-refractivity contribution in [2.45, 2.75) is 11.1 Å². The topological polar surface area (TPSA) is 127 Å². The summed E-state index contributed by atoms with van der Waals surface area (Å²) in [7, 11) is 0. The van der Waals surface area contributed by atoms with Gasteiger partial charge >= 0.3 is 0 Å². The minimum atomic E-state index is 0.0343. The molecule has 2 aliphatic heterocycles. The number of pyridine rings is 2. The summed E-state index contributed by atoms with van der Waals surface area (Å²) in [6.45, 7) is 2.55. The molecule has 2 saturated heterocycles. The Bertz CT molecular complexity index is 960. The Labute approximate surface area is 166 Å². The number of hydrogen-bond acceptors (Lipinski definition) is 9. The van der Waals surface area contributed by atoms with Crippen LogP contribution in [-0.4, -0.2) is 48.3 Å². The van der Waals surface area contributed by atoms with E-state index in [2.05, 4.69) is 22.1 Å². The van der Waals surface area contributed by atoms with Crippen molar-refractivity contribution in [1.29, 1.82) is 10.5 Å². The van der Waals surface area contributed by atoms with Crippen molar-refractivity contribution in [3.05, 3.63) is 29.5 Å². The van der Waals surface area contributed by atoms with Gasteiger partial charge in [-0.05, 0) is 12.1 Å². The van der Waals surface area contributed by atoms with E-state index >= 15 is 0 Å². The number of aromatic nitrogens is 2. The lowest BCUT2D eigenvalue weighted by atomic mass is 10.0. The molecule has 2 fully saturated rings. The minimum absolute atomic E-state index is 0.0343. The zero-order chi connectivity index (χ0) is 19.5. The van der Waals surface area contributed by atoms with Gasteiger partial charge in [0.05, 0.1) is 43.9 Å². The maximum absolute atomic E-state index is 9.78. The Morgan fingerprint density at radius 3 is 2.43 bits per heavy atom. The third-order valence-electron chi connectivity index (χ3n) is 4.48. The number of thioether (sulfide) groups is 1. The van der Waals surface area contributed by atoms with Crippen LogP contribution in [0, 0.1) is 28.6 Å². The quantitative estimate of drug-likeness (QED) is 0.730. The monoisotopic (exact) mass is 395 g/mol. The maximum Gasteiger partial charge on any atom is 0.145 e. The van der Waals surface area contributed by atoms with Gasteiger partial charge in [0.15, 0.2) is 0 Å². The summed E-state index contributed by atoms with van der Waals surface area (Å²) in [6, 6.07) is 7.73. The van der Waals surface area contributed by atoms with Crippen molar-refractivity contribution >= 4 is 17.6 Å². The van der Waals surface area contributed by atoms with Gasteiger partial charge in [0.2, 0.25) is 0 Å². The molecular weight excluding hydrogens is 378 g/mol. The number of anilines is 1. The first-order valence-electron chi connectivity index (χ1n) is 8.74. The number of nitrogens with zero attached hydrogens (tertiary/aromatic N) is 4. The molecule has 0 bridgehead atoms. The van der Waals surface area contributed by atoms with Gasteiger partial charge in [-0.25, -0.2) is 4.98 Å². The van der Waals surface area contributed by atoms with E-state index in [1.807, 2.05) is 0 Å². The van der Waals surface area contributed by atoms with Gasteiger partial charge in [-0.2, -0.15) is 10.5 Å². The molecular formula is C19H17N5O3S. The van der Waals surface area contributed by atoms with Gasteiger partial charge in [0.25, 0.3) is 0 Å². The first-order valence-corrected chi connectivity index (χ1v) is 9.73. The second kappa shape index (κ2) is 8.03. The highest BCUT2D eigenvalue weighted by molar-refractivity contribution is 7.99. The van der Waals surface area contributed by atoms with Crippen LogP contribution in [0.3, 0.4) is 0 Å². The van der Waals surface area contributed by atoms with E-state index < -0.39 is 0 Å². The zero-order valence-corrected chi connectivity index (χ0v) is 15.7. The summed E-state index contributed by atoms with van der Waals surface area (Å²) in [5.41, 5.74) is 7.37.